The highest BCUT2D eigenvalue weighted by Crippen LogP contribution is 2.34. The van der Waals surface area contributed by atoms with Gasteiger partial charge in [-0.25, -0.2) is 0 Å². The van der Waals surface area contributed by atoms with Crippen LogP contribution >= 0.6 is 31.9 Å². The third-order valence-electron chi connectivity index (χ3n) is 2.82. The first-order chi connectivity index (χ1) is 10.1. The lowest BCUT2D eigenvalue weighted by molar-refractivity contribution is 0.336. The van der Waals surface area contributed by atoms with Gasteiger partial charge in [-0.3, -0.25) is 9.97 Å². The molecule has 0 aliphatic rings. The summed E-state index contributed by atoms with van der Waals surface area (Å²) in [5.41, 5.74) is 3.03. The van der Waals surface area contributed by atoms with Crippen molar-refractivity contribution in [1.29, 1.82) is 0 Å². The van der Waals surface area contributed by atoms with Gasteiger partial charge in [0, 0.05) is 25.5 Å². The lowest BCUT2D eigenvalue weighted by atomic mass is 10.2. The molecule has 1 aromatic heterocycles. The average molecular weight is 415 g/mol. The lowest BCUT2D eigenvalue weighted by Gasteiger charge is -2.11. The molecule has 1 heterocycles. The van der Waals surface area contributed by atoms with E-state index in [1.807, 2.05) is 13.8 Å². The highest BCUT2D eigenvalue weighted by atomic mass is 79.9. The van der Waals surface area contributed by atoms with Gasteiger partial charge in [0.2, 0.25) is 0 Å². The first-order valence-corrected chi connectivity index (χ1v) is 8.27. The topological polar surface area (TPSA) is 47.0 Å². The Balaban J connectivity index is 1.95. The molecule has 4 nitrogen and oxygen atoms in total. The Kier molecular flexibility index (Phi) is 6.14. The molecule has 2 rings (SSSR count). The van der Waals surface area contributed by atoms with Gasteiger partial charge >= 0.3 is 0 Å². The van der Waals surface area contributed by atoms with Crippen molar-refractivity contribution in [2.24, 2.45) is 0 Å². The highest BCUT2D eigenvalue weighted by molar-refractivity contribution is 9.11. The number of hydrogen-bond donors (Lipinski definition) is 1. The summed E-state index contributed by atoms with van der Waals surface area (Å²) in [6.07, 6.45) is 3.58. The molecule has 2 aromatic rings. The van der Waals surface area contributed by atoms with Crippen LogP contribution in [-0.4, -0.2) is 16.6 Å². The zero-order valence-corrected chi connectivity index (χ0v) is 15.2. The van der Waals surface area contributed by atoms with E-state index in [2.05, 4.69) is 59.3 Å². The van der Waals surface area contributed by atoms with Gasteiger partial charge in [0.05, 0.1) is 26.9 Å². The van der Waals surface area contributed by atoms with Crippen molar-refractivity contribution in [2.45, 2.75) is 26.9 Å². The van der Waals surface area contributed by atoms with E-state index in [9.17, 15) is 0 Å². The van der Waals surface area contributed by atoms with E-state index in [1.165, 1.54) is 0 Å². The Labute approximate surface area is 141 Å². The van der Waals surface area contributed by atoms with Crippen LogP contribution < -0.4 is 10.1 Å². The largest absolute Gasteiger partial charge is 0.492 e. The van der Waals surface area contributed by atoms with Gasteiger partial charge in [-0.1, -0.05) is 0 Å². The molecule has 0 fully saturated rings. The minimum Gasteiger partial charge on any atom is -0.492 e. The SMILES string of the molecule is CCOc1c(Br)cc(CNCc2cnc(C)cn2)cc1Br. The Morgan fingerprint density at radius 3 is 2.38 bits per heavy atom. The van der Waals surface area contributed by atoms with Gasteiger partial charge < -0.3 is 10.1 Å². The number of ether oxygens (including phenoxy) is 1. The molecule has 0 aliphatic heterocycles. The molecule has 1 N–H and O–H groups in total. The predicted octanol–water partition coefficient (Wildman–Crippen LogP) is 4.00. The van der Waals surface area contributed by atoms with Crippen molar-refractivity contribution >= 4 is 31.9 Å². The first-order valence-electron chi connectivity index (χ1n) is 6.69. The van der Waals surface area contributed by atoms with E-state index in [0.717, 1.165) is 38.2 Å². The number of benzene rings is 1. The number of aromatic nitrogens is 2. The van der Waals surface area contributed by atoms with Crippen LogP contribution in [0.2, 0.25) is 0 Å². The zero-order valence-electron chi connectivity index (χ0n) is 12.0. The average Bonchev–Trinajstić information content (AvgIpc) is 2.45. The molecule has 0 amide bonds. The molecular formula is C15H17Br2N3O. The van der Waals surface area contributed by atoms with E-state index in [1.54, 1.807) is 12.4 Å². The fourth-order valence-electron chi connectivity index (χ4n) is 1.84. The molecule has 112 valence electrons. The molecule has 0 saturated carbocycles. The third-order valence-corrected chi connectivity index (χ3v) is 3.99. The number of nitrogens with one attached hydrogen (secondary N) is 1. The second kappa shape index (κ2) is 7.87. The monoisotopic (exact) mass is 413 g/mol. The van der Waals surface area contributed by atoms with Gasteiger partial charge in [0.25, 0.3) is 0 Å². The van der Waals surface area contributed by atoms with Crippen LogP contribution in [0.5, 0.6) is 5.75 Å². The molecule has 0 radical (unpaired) electrons. The van der Waals surface area contributed by atoms with Crippen molar-refractivity contribution in [3.8, 4) is 5.75 Å². The summed E-state index contributed by atoms with van der Waals surface area (Å²) in [5, 5.41) is 3.36. The molecule has 0 saturated heterocycles. The molecule has 0 aliphatic carbocycles. The molecule has 21 heavy (non-hydrogen) atoms. The van der Waals surface area contributed by atoms with E-state index in [-0.39, 0.29) is 0 Å². The second-order valence-electron chi connectivity index (χ2n) is 4.57. The standard InChI is InChI=1S/C15H17Br2N3O/c1-3-21-15-13(16)4-11(5-14(15)17)7-18-8-12-9-19-10(2)6-20-12/h4-6,9,18H,3,7-8H2,1-2H3. The maximum atomic E-state index is 5.57. The van der Waals surface area contributed by atoms with Gasteiger partial charge in [-0.05, 0) is 63.4 Å². The van der Waals surface area contributed by atoms with Crippen molar-refractivity contribution in [3.63, 3.8) is 0 Å². The van der Waals surface area contributed by atoms with Crippen molar-refractivity contribution in [3.05, 3.63) is 50.4 Å². The van der Waals surface area contributed by atoms with Gasteiger partial charge in [0.15, 0.2) is 0 Å². The minimum atomic E-state index is 0.640. The Morgan fingerprint density at radius 2 is 1.81 bits per heavy atom. The number of aryl methyl sites for hydroxylation is 1. The maximum Gasteiger partial charge on any atom is 0.147 e. The molecule has 0 spiro atoms. The van der Waals surface area contributed by atoms with E-state index in [0.29, 0.717) is 13.2 Å². The third kappa shape index (κ3) is 4.76. The van der Waals surface area contributed by atoms with Crippen LogP contribution in [0.3, 0.4) is 0 Å². The molecule has 0 bridgehead atoms. The van der Waals surface area contributed by atoms with Gasteiger partial charge in [0.1, 0.15) is 5.75 Å². The van der Waals surface area contributed by atoms with Gasteiger partial charge in [-0.15, -0.1) is 0 Å². The number of nitrogens with zero attached hydrogens (tertiary/aromatic N) is 2. The molecule has 1 aromatic carbocycles. The summed E-state index contributed by atoms with van der Waals surface area (Å²) in [7, 11) is 0. The quantitative estimate of drug-likeness (QED) is 0.775. The molecule has 0 atom stereocenters. The van der Waals surface area contributed by atoms with E-state index in [4.69, 9.17) is 4.74 Å². The van der Waals surface area contributed by atoms with Crippen LogP contribution in [0.15, 0.2) is 33.5 Å². The zero-order chi connectivity index (χ0) is 15.2. The summed E-state index contributed by atoms with van der Waals surface area (Å²) >= 11 is 7.08. The normalized spacial score (nSPS) is 10.7. The summed E-state index contributed by atoms with van der Waals surface area (Å²) in [4.78, 5) is 8.55. The number of halogens is 2. The summed E-state index contributed by atoms with van der Waals surface area (Å²) in [6.45, 7) is 5.98. The first kappa shape index (κ1) is 16.4. The van der Waals surface area contributed by atoms with E-state index >= 15 is 0 Å². The van der Waals surface area contributed by atoms with Crippen LogP contribution in [0.25, 0.3) is 0 Å². The summed E-state index contributed by atoms with van der Waals surface area (Å²) in [5.74, 6) is 0.839. The van der Waals surface area contributed by atoms with Crippen LogP contribution in [0.1, 0.15) is 23.9 Å². The number of rotatable bonds is 6. The predicted molar refractivity (Wildman–Crippen MR) is 90.3 cm³/mol. The second-order valence-corrected chi connectivity index (χ2v) is 6.28. The highest BCUT2D eigenvalue weighted by Gasteiger charge is 2.08. The Hall–Kier alpha value is -0.980. The van der Waals surface area contributed by atoms with Crippen LogP contribution in [-0.2, 0) is 13.1 Å². The fourth-order valence-corrected chi connectivity index (χ4v) is 3.35. The van der Waals surface area contributed by atoms with Gasteiger partial charge in [-0.2, -0.15) is 0 Å². The van der Waals surface area contributed by atoms with Crippen LogP contribution in [0, 0.1) is 6.92 Å². The summed E-state index contributed by atoms with van der Waals surface area (Å²) < 4.78 is 7.47. The van der Waals surface area contributed by atoms with E-state index < -0.39 is 0 Å². The molecule has 6 heteroatoms. The Bertz CT molecular complexity index is 579. The molecular weight excluding hydrogens is 398 g/mol. The van der Waals surface area contributed by atoms with Crippen molar-refractivity contribution in [2.75, 3.05) is 6.61 Å². The van der Waals surface area contributed by atoms with Crippen LogP contribution in [0.4, 0.5) is 0 Å². The number of hydrogen-bond acceptors (Lipinski definition) is 4. The van der Waals surface area contributed by atoms with Crippen molar-refractivity contribution < 1.29 is 4.74 Å². The minimum absolute atomic E-state index is 0.640. The maximum absolute atomic E-state index is 5.57. The molecule has 0 unspecified atom stereocenters. The smallest absolute Gasteiger partial charge is 0.147 e. The lowest BCUT2D eigenvalue weighted by Crippen LogP contribution is -2.14. The van der Waals surface area contributed by atoms with Crippen molar-refractivity contribution in [1.82, 2.24) is 15.3 Å². The summed E-state index contributed by atoms with van der Waals surface area (Å²) in [6, 6.07) is 4.12. The Morgan fingerprint density at radius 1 is 1.10 bits per heavy atom. The fraction of sp³-hybridized carbons (Fsp3) is 0.333.